The Morgan fingerprint density at radius 1 is 0.900 bits per heavy atom. The molecule has 1 amide bonds. The second-order valence-corrected chi connectivity index (χ2v) is 9.01. The minimum absolute atomic E-state index is 0.0361. The van der Waals surface area contributed by atoms with E-state index in [0.717, 1.165) is 30.0 Å². The summed E-state index contributed by atoms with van der Waals surface area (Å²) in [6, 6.07) is 21.6. The van der Waals surface area contributed by atoms with Crippen molar-refractivity contribution in [3.63, 3.8) is 0 Å². The van der Waals surface area contributed by atoms with Crippen molar-refractivity contribution in [3.05, 3.63) is 95.8 Å². The van der Waals surface area contributed by atoms with Crippen molar-refractivity contribution in [2.45, 2.75) is 29.7 Å². The molecule has 3 aromatic carbocycles. The normalized spacial score (nSPS) is 14.7. The Kier molecular flexibility index (Phi) is 5.30. The maximum atomic E-state index is 13.8. The van der Waals surface area contributed by atoms with Gasteiger partial charge in [0.05, 0.1) is 5.41 Å². The van der Waals surface area contributed by atoms with Crippen LogP contribution < -0.4 is 10.0 Å². The molecule has 0 heterocycles. The number of hydrogen-bond acceptors (Lipinski definition) is 3. The van der Waals surface area contributed by atoms with E-state index in [1.807, 2.05) is 30.3 Å². The molecular weight excluding hydrogens is 403 g/mol. The molecule has 1 aliphatic carbocycles. The van der Waals surface area contributed by atoms with Gasteiger partial charge in [-0.05, 0) is 48.2 Å². The summed E-state index contributed by atoms with van der Waals surface area (Å²) in [6.07, 6.45) is 1.49. The zero-order chi connectivity index (χ0) is 21.2. The van der Waals surface area contributed by atoms with Crippen LogP contribution >= 0.6 is 0 Å². The van der Waals surface area contributed by atoms with Crippen molar-refractivity contribution < 1.29 is 17.6 Å². The van der Waals surface area contributed by atoms with Gasteiger partial charge >= 0.3 is 0 Å². The number of carbonyl (C=O) groups excluding carboxylic acids is 1. The van der Waals surface area contributed by atoms with Crippen LogP contribution in [0, 0.1) is 5.82 Å². The molecule has 0 aliphatic heterocycles. The summed E-state index contributed by atoms with van der Waals surface area (Å²) in [7, 11) is -4.04. The molecule has 1 saturated carbocycles. The van der Waals surface area contributed by atoms with E-state index < -0.39 is 26.2 Å². The first-order valence-corrected chi connectivity index (χ1v) is 11.1. The Bertz CT molecular complexity index is 1160. The van der Waals surface area contributed by atoms with Crippen molar-refractivity contribution in [2.75, 3.05) is 4.72 Å². The van der Waals surface area contributed by atoms with Crippen molar-refractivity contribution >= 4 is 21.6 Å². The van der Waals surface area contributed by atoms with Crippen LogP contribution in [0.15, 0.2) is 83.8 Å². The second kappa shape index (κ2) is 7.91. The van der Waals surface area contributed by atoms with Crippen molar-refractivity contribution in [1.82, 2.24) is 5.32 Å². The van der Waals surface area contributed by atoms with Crippen LogP contribution in [0.1, 0.15) is 24.0 Å². The van der Waals surface area contributed by atoms with Crippen molar-refractivity contribution in [3.8, 4) is 0 Å². The molecule has 0 radical (unpaired) electrons. The molecule has 3 aromatic rings. The predicted octanol–water partition coefficient (Wildman–Crippen LogP) is 3.97. The van der Waals surface area contributed by atoms with Gasteiger partial charge in [-0.2, -0.15) is 0 Å². The fraction of sp³-hybridized carbons (Fsp3) is 0.174. The van der Waals surface area contributed by atoms with Gasteiger partial charge in [-0.15, -0.1) is 0 Å². The third-order valence-electron chi connectivity index (χ3n) is 5.30. The highest BCUT2D eigenvalue weighted by molar-refractivity contribution is 7.92. The van der Waals surface area contributed by atoms with Gasteiger partial charge in [0.2, 0.25) is 5.91 Å². The van der Waals surface area contributed by atoms with Crippen LogP contribution in [0.3, 0.4) is 0 Å². The lowest BCUT2D eigenvalue weighted by molar-refractivity contribution is -0.123. The number of carbonyl (C=O) groups is 1. The van der Waals surface area contributed by atoms with Crippen molar-refractivity contribution in [1.29, 1.82) is 0 Å². The minimum atomic E-state index is -4.04. The average molecular weight is 424 g/mol. The Hall–Kier alpha value is -3.19. The van der Waals surface area contributed by atoms with Gasteiger partial charge in [0.15, 0.2) is 0 Å². The predicted molar refractivity (Wildman–Crippen MR) is 113 cm³/mol. The molecule has 154 valence electrons. The summed E-state index contributed by atoms with van der Waals surface area (Å²) in [5.74, 6) is -0.848. The molecule has 0 aromatic heterocycles. The molecule has 0 atom stereocenters. The SMILES string of the molecule is O=C(NCc1ccccc1)C1(c2ccc(NS(=O)(=O)c3ccccc3F)cc2)CC1. The maximum Gasteiger partial charge on any atom is 0.264 e. The Labute approximate surface area is 175 Å². The second-order valence-electron chi connectivity index (χ2n) is 7.36. The lowest BCUT2D eigenvalue weighted by Gasteiger charge is -2.17. The molecule has 1 aliphatic rings. The molecule has 7 heteroatoms. The maximum absolute atomic E-state index is 13.8. The molecule has 4 rings (SSSR count). The number of benzene rings is 3. The molecular formula is C23H21FN2O3S. The smallest absolute Gasteiger partial charge is 0.264 e. The summed E-state index contributed by atoms with van der Waals surface area (Å²) in [5.41, 5.74) is 1.60. The quantitative estimate of drug-likeness (QED) is 0.603. The van der Waals surface area contributed by atoms with Crippen LogP contribution in [0.2, 0.25) is 0 Å². The topological polar surface area (TPSA) is 75.3 Å². The third kappa shape index (κ3) is 4.07. The van der Waals surface area contributed by atoms with Gasteiger partial charge < -0.3 is 5.32 Å². The molecule has 5 nitrogen and oxygen atoms in total. The number of hydrogen-bond donors (Lipinski definition) is 2. The largest absolute Gasteiger partial charge is 0.351 e. The van der Waals surface area contributed by atoms with Crippen LogP contribution in [0.5, 0.6) is 0 Å². The number of sulfonamides is 1. The molecule has 0 saturated heterocycles. The van der Waals surface area contributed by atoms with Gasteiger partial charge in [0, 0.05) is 12.2 Å². The highest BCUT2D eigenvalue weighted by Crippen LogP contribution is 2.48. The van der Waals surface area contributed by atoms with E-state index in [-0.39, 0.29) is 5.91 Å². The zero-order valence-corrected chi connectivity index (χ0v) is 17.0. The minimum Gasteiger partial charge on any atom is -0.351 e. The molecule has 2 N–H and O–H groups in total. The molecule has 30 heavy (non-hydrogen) atoms. The number of amides is 1. The first-order valence-electron chi connectivity index (χ1n) is 9.61. The molecule has 0 unspecified atom stereocenters. The van der Waals surface area contributed by atoms with Crippen LogP contribution in [0.4, 0.5) is 10.1 Å². The molecule has 0 bridgehead atoms. The number of anilines is 1. The number of nitrogens with one attached hydrogen (secondary N) is 2. The van der Waals surface area contributed by atoms with E-state index >= 15 is 0 Å². The highest BCUT2D eigenvalue weighted by Gasteiger charge is 2.51. The molecule has 1 fully saturated rings. The van der Waals surface area contributed by atoms with E-state index in [0.29, 0.717) is 12.2 Å². The van der Waals surface area contributed by atoms with E-state index in [9.17, 15) is 17.6 Å². The van der Waals surface area contributed by atoms with E-state index in [1.54, 1.807) is 24.3 Å². The first kappa shape index (κ1) is 20.1. The lowest BCUT2D eigenvalue weighted by atomic mass is 9.94. The summed E-state index contributed by atoms with van der Waals surface area (Å²) in [6.45, 7) is 0.460. The summed E-state index contributed by atoms with van der Waals surface area (Å²) < 4.78 is 41.1. The fourth-order valence-corrected chi connectivity index (χ4v) is 4.59. The van der Waals surface area contributed by atoms with E-state index in [1.165, 1.54) is 18.2 Å². The van der Waals surface area contributed by atoms with Gasteiger partial charge in [-0.25, -0.2) is 12.8 Å². The lowest BCUT2D eigenvalue weighted by Crippen LogP contribution is -2.34. The van der Waals surface area contributed by atoms with Gasteiger partial charge in [-0.3, -0.25) is 9.52 Å². The zero-order valence-electron chi connectivity index (χ0n) is 16.1. The van der Waals surface area contributed by atoms with Crippen LogP contribution in [-0.4, -0.2) is 14.3 Å². The Balaban J connectivity index is 1.45. The van der Waals surface area contributed by atoms with Crippen LogP contribution in [0.25, 0.3) is 0 Å². The van der Waals surface area contributed by atoms with E-state index in [2.05, 4.69) is 10.0 Å². The molecule has 0 spiro atoms. The fourth-order valence-electron chi connectivity index (χ4n) is 3.45. The van der Waals surface area contributed by atoms with Gasteiger partial charge in [-0.1, -0.05) is 54.6 Å². The summed E-state index contributed by atoms with van der Waals surface area (Å²) in [4.78, 5) is 12.4. The van der Waals surface area contributed by atoms with E-state index in [4.69, 9.17) is 0 Å². The average Bonchev–Trinajstić information content (AvgIpc) is 3.55. The van der Waals surface area contributed by atoms with Crippen molar-refractivity contribution in [2.24, 2.45) is 0 Å². The number of halogens is 1. The monoisotopic (exact) mass is 424 g/mol. The summed E-state index contributed by atoms with van der Waals surface area (Å²) in [5, 5.41) is 2.99. The van der Waals surface area contributed by atoms with Gasteiger partial charge in [0.1, 0.15) is 10.7 Å². The third-order valence-corrected chi connectivity index (χ3v) is 6.71. The van der Waals surface area contributed by atoms with Crippen LogP contribution in [-0.2, 0) is 26.8 Å². The Morgan fingerprint density at radius 2 is 1.53 bits per heavy atom. The first-order chi connectivity index (χ1) is 14.4. The van der Waals surface area contributed by atoms with Gasteiger partial charge in [0.25, 0.3) is 10.0 Å². The summed E-state index contributed by atoms with van der Waals surface area (Å²) >= 11 is 0. The Morgan fingerprint density at radius 3 is 2.17 bits per heavy atom. The number of rotatable bonds is 7. The highest BCUT2D eigenvalue weighted by atomic mass is 32.2. The standard InChI is InChI=1S/C23H21FN2O3S/c24-20-8-4-5-9-21(20)30(28,29)26-19-12-10-18(11-13-19)23(14-15-23)22(27)25-16-17-6-2-1-3-7-17/h1-13,26H,14-16H2,(H,25,27).